The van der Waals surface area contributed by atoms with Gasteiger partial charge in [0.25, 0.3) is 0 Å². The van der Waals surface area contributed by atoms with Crippen LogP contribution < -0.4 is 5.32 Å². The summed E-state index contributed by atoms with van der Waals surface area (Å²) >= 11 is 0. The molecule has 3 rings (SSSR count). The molecule has 15 heavy (non-hydrogen) atoms. The Morgan fingerprint density at radius 1 is 1.13 bits per heavy atom. The third kappa shape index (κ3) is 2.06. The molecule has 1 saturated carbocycles. The van der Waals surface area contributed by atoms with E-state index in [-0.39, 0.29) is 0 Å². The Balaban J connectivity index is 1.84. The molecule has 1 aromatic rings. The first-order valence-electron chi connectivity index (χ1n) is 5.95. The second-order valence-electron chi connectivity index (χ2n) is 4.65. The van der Waals surface area contributed by atoms with Gasteiger partial charge in [-0.15, -0.1) is 0 Å². The third-order valence-corrected chi connectivity index (χ3v) is 3.45. The third-order valence-electron chi connectivity index (χ3n) is 3.45. The van der Waals surface area contributed by atoms with Crippen molar-refractivity contribution in [3.63, 3.8) is 0 Å². The lowest BCUT2D eigenvalue weighted by Gasteiger charge is -2.26. The zero-order valence-corrected chi connectivity index (χ0v) is 9.08. The first-order chi connectivity index (χ1) is 7.43. The maximum absolute atomic E-state index is 3.51. The van der Waals surface area contributed by atoms with E-state index in [1.165, 1.54) is 30.5 Å². The Labute approximate surface area is 91.3 Å². The molecule has 0 amide bonds. The highest BCUT2D eigenvalue weighted by Gasteiger charge is 2.29. The predicted molar refractivity (Wildman–Crippen MR) is 61.6 cm³/mol. The highest BCUT2D eigenvalue weighted by Crippen LogP contribution is 2.28. The van der Waals surface area contributed by atoms with Gasteiger partial charge in [0.1, 0.15) is 0 Å². The number of nitrogens with zero attached hydrogens (tertiary/aromatic N) is 1. The first-order valence-corrected chi connectivity index (χ1v) is 5.95. The fourth-order valence-electron chi connectivity index (χ4n) is 2.38. The summed E-state index contributed by atoms with van der Waals surface area (Å²) in [6, 6.07) is 9.70. The highest BCUT2D eigenvalue weighted by atomic mass is 15.2. The Kier molecular flexibility index (Phi) is 2.47. The molecule has 2 heteroatoms. The van der Waals surface area contributed by atoms with Crippen LogP contribution in [0.5, 0.6) is 0 Å². The van der Waals surface area contributed by atoms with Crippen LogP contribution in [0.2, 0.25) is 0 Å². The predicted octanol–water partition coefficient (Wildman–Crippen LogP) is 1.75. The molecule has 0 radical (unpaired) electrons. The zero-order chi connectivity index (χ0) is 10.1. The number of hydrogen-bond acceptors (Lipinski definition) is 2. The van der Waals surface area contributed by atoms with Gasteiger partial charge in [0.05, 0.1) is 0 Å². The van der Waals surface area contributed by atoms with Crippen LogP contribution in [0.3, 0.4) is 0 Å². The summed E-state index contributed by atoms with van der Waals surface area (Å²) in [6.07, 6.45) is 2.81. The van der Waals surface area contributed by atoms with Crippen LogP contribution >= 0.6 is 0 Å². The lowest BCUT2D eigenvalue weighted by atomic mass is 10.1. The van der Waals surface area contributed by atoms with Gasteiger partial charge in [-0.1, -0.05) is 24.3 Å². The van der Waals surface area contributed by atoms with Crippen molar-refractivity contribution in [3.8, 4) is 0 Å². The van der Waals surface area contributed by atoms with E-state index in [0.717, 1.165) is 25.7 Å². The van der Waals surface area contributed by atoms with Gasteiger partial charge >= 0.3 is 0 Å². The minimum absolute atomic E-state index is 0.873. The molecule has 1 fully saturated rings. The molecule has 0 spiro atoms. The lowest BCUT2D eigenvalue weighted by Crippen LogP contribution is -2.35. The van der Waals surface area contributed by atoms with Crippen molar-refractivity contribution < 1.29 is 0 Å². The molecule has 80 valence electrons. The second kappa shape index (κ2) is 3.95. The van der Waals surface area contributed by atoms with E-state index in [1.807, 2.05) is 0 Å². The average molecular weight is 202 g/mol. The van der Waals surface area contributed by atoms with E-state index in [0.29, 0.717) is 0 Å². The van der Waals surface area contributed by atoms with Crippen molar-refractivity contribution in [2.24, 2.45) is 0 Å². The molecule has 1 aromatic carbocycles. The average Bonchev–Trinajstić information content (AvgIpc) is 3.02. The van der Waals surface area contributed by atoms with Gasteiger partial charge in [0.2, 0.25) is 0 Å². The molecular formula is C13H18N2. The Morgan fingerprint density at radius 2 is 1.93 bits per heavy atom. The molecule has 0 unspecified atom stereocenters. The number of nitrogens with one attached hydrogen (secondary N) is 1. The van der Waals surface area contributed by atoms with Crippen LogP contribution in [0.1, 0.15) is 24.0 Å². The van der Waals surface area contributed by atoms with Crippen LogP contribution in [0.25, 0.3) is 0 Å². The fourth-order valence-corrected chi connectivity index (χ4v) is 2.38. The molecule has 2 nitrogen and oxygen atoms in total. The first kappa shape index (κ1) is 9.37. The number of benzene rings is 1. The molecule has 1 N–H and O–H groups in total. The van der Waals surface area contributed by atoms with Gasteiger partial charge in [0, 0.05) is 32.2 Å². The zero-order valence-electron chi connectivity index (χ0n) is 9.08. The van der Waals surface area contributed by atoms with Gasteiger partial charge in [-0.25, -0.2) is 0 Å². The fraction of sp³-hybridized carbons (Fsp3) is 0.538. The van der Waals surface area contributed by atoms with E-state index in [4.69, 9.17) is 0 Å². The molecular weight excluding hydrogens is 184 g/mol. The van der Waals surface area contributed by atoms with E-state index < -0.39 is 0 Å². The van der Waals surface area contributed by atoms with Crippen LogP contribution in [-0.4, -0.2) is 24.0 Å². The van der Waals surface area contributed by atoms with Crippen molar-refractivity contribution in [2.45, 2.75) is 32.0 Å². The van der Waals surface area contributed by atoms with Crippen molar-refractivity contribution in [1.82, 2.24) is 10.2 Å². The second-order valence-corrected chi connectivity index (χ2v) is 4.65. The van der Waals surface area contributed by atoms with Crippen LogP contribution in [0.15, 0.2) is 24.3 Å². The number of rotatable bonds is 1. The van der Waals surface area contributed by atoms with Crippen molar-refractivity contribution in [1.29, 1.82) is 0 Å². The minimum Gasteiger partial charge on any atom is -0.311 e. The monoisotopic (exact) mass is 202 g/mol. The molecule has 1 aliphatic carbocycles. The van der Waals surface area contributed by atoms with E-state index in [2.05, 4.69) is 34.5 Å². The SMILES string of the molecule is c1ccc2c(c1)CNCCN(C1CC1)C2. The molecule has 0 atom stereocenters. The van der Waals surface area contributed by atoms with Crippen molar-refractivity contribution in [2.75, 3.05) is 13.1 Å². The molecule has 2 aliphatic rings. The Morgan fingerprint density at radius 3 is 2.73 bits per heavy atom. The number of hydrogen-bond donors (Lipinski definition) is 1. The van der Waals surface area contributed by atoms with Gasteiger partial charge in [-0.3, -0.25) is 4.90 Å². The van der Waals surface area contributed by atoms with Crippen molar-refractivity contribution >= 4 is 0 Å². The summed E-state index contributed by atoms with van der Waals surface area (Å²) in [5, 5.41) is 3.51. The van der Waals surface area contributed by atoms with Gasteiger partial charge in [-0.05, 0) is 24.0 Å². The summed E-state index contributed by atoms with van der Waals surface area (Å²) in [6.45, 7) is 4.53. The topological polar surface area (TPSA) is 15.3 Å². The van der Waals surface area contributed by atoms with Gasteiger partial charge in [0.15, 0.2) is 0 Å². The Hall–Kier alpha value is -0.860. The van der Waals surface area contributed by atoms with Gasteiger partial charge in [-0.2, -0.15) is 0 Å². The van der Waals surface area contributed by atoms with E-state index in [1.54, 1.807) is 0 Å². The summed E-state index contributed by atoms with van der Waals surface area (Å²) in [5.41, 5.74) is 2.99. The summed E-state index contributed by atoms with van der Waals surface area (Å²) < 4.78 is 0. The highest BCUT2D eigenvalue weighted by molar-refractivity contribution is 5.27. The normalized spacial score (nSPS) is 22.9. The Bertz CT molecular complexity index is 344. The van der Waals surface area contributed by atoms with E-state index >= 15 is 0 Å². The standard InChI is InChI=1S/C13H18N2/c1-2-4-12-10-15(13-5-6-13)8-7-14-9-11(12)3-1/h1-4,13-14H,5-10H2. The smallest absolute Gasteiger partial charge is 0.0240 e. The largest absolute Gasteiger partial charge is 0.311 e. The molecule has 1 heterocycles. The van der Waals surface area contributed by atoms with Crippen LogP contribution in [0, 0.1) is 0 Å². The van der Waals surface area contributed by atoms with E-state index in [9.17, 15) is 0 Å². The summed E-state index contributed by atoms with van der Waals surface area (Å²) in [7, 11) is 0. The minimum atomic E-state index is 0.873. The summed E-state index contributed by atoms with van der Waals surface area (Å²) in [5.74, 6) is 0. The molecule has 0 bridgehead atoms. The van der Waals surface area contributed by atoms with Gasteiger partial charge < -0.3 is 5.32 Å². The number of fused-ring (bicyclic) bond motifs is 1. The van der Waals surface area contributed by atoms with Crippen LogP contribution in [-0.2, 0) is 13.1 Å². The molecule has 1 aliphatic heterocycles. The van der Waals surface area contributed by atoms with Crippen LogP contribution in [0.4, 0.5) is 0 Å². The molecule has 0 aromatic heterocycles. The lowest BCUT2D eigenvalue weighted by molar-refractivity contribution is 0.248. The quantitative estimate of drug-likeness (QED) is 0.746. The maximum atomic E-state index is 3.51. The molecule has 0 saturated heterocycles. The van der Waals surface area contributed by atoms with Crippen molar-refractivity contribution in [3.05, 3.63) is 35.4 Å². The maximum Gasteiger partial charge on any atom is 0.0240 e. The summed E-state index contributed by atoms with van der Waals surface area (Å²) in [4.78, 5) is 2.63.